The number of benzene rings is 3. The molecule has 47 heavy (non-hydrogen) atoms. The standard InChI is InChI=1S/C34H43N9O4/c35-31(46)28(14-7-17-38-33(36)37)40-29(44)20-39-30(45)22-42-23-43(26-11-2-1-3-12-26)34(32(42)47)15-18-41(19-16-34)21-25-10-6-9-24-8-4-5-13-27(24)25/h1-6,8-13,28H,7,14-23H2,(H2,35,46)(H,39,45)(H,40,44)(H4,36,37,38). The molecule has 13 nitrogen and oxygen atoms in total. The van der Waals surface area contributed by atoms with Crippen molar-refractivity contribution in [3.63, 3.8) is 0 Å². The van der Waals surface area contributed by atoms with E-state index in [0.29, 0.717) is 19.3 Å². The number of amides is 4. The summed E-state index contributed by atoms with van der Waals surface area (Å²) in [4.78, 5) is 61.3. The summed E-state index contributed by atoms with van der Waals surface area (Å²) in [6.07, 6.45) is 1.90. The number of fused-ring (bicyclic) bond motifs is 1. The number of piperidine rings is 1. The highest BCUT2D eigenvalue weighted by atomic mass is 16.2. The molecule has 3 aromatic rings. The molecule has 8 N–H and O–H groups in total. The van der Waals surface area contributed by atoms with Crippen molar-refractivity contribution in [1.82, 2.24) is 20.4 Å². The molecule has 0 radical (unpaired) electrons. The highest BCUT2D eigenvalue weighted by Crippen LogP contribution is 2.39. The Morgan fingerprint density at radius 3 is 2.32 bits per heavy atom. The van der Waals surface area contributed by atoms with Crippen molar-refractivity contribution >= 4 is 46.0 Å². The van der Waals surface area contributed by atoms with E-state index in [9.17, 15) is 19.2 Å². The summed E-state index contributed by atoms with van der Waals surface area (Å²) in [5.74, 6) is -1.91. The molecule has 2 aliphatic rings. The van der Waals surface area contributed by atoms with Crippen LogP contribution >= 0.6 is 0 Å². The number of nitrogens with zero attached hydrogens (tertiary/aromatic N) is 4. The first-order chi connectivity index (χ1) is 22.7. The molecule has 0 bridgehead atoms. The first-order valence-corrected chi connectivity index (χ1v) is 15.9. The number of guanidine groups is 1. The van der Waals surface area contributed by atoms with Crippen molar-refractivity contribution in [2.75, 3.05) is 44.3 Å². The smallest absolute Gasteiger partial charge is 0.250 e. The first kappa shape index (κ1) is 33.2. The molecule has 13 heteroatoms. The summed E-state index contributed by atoms with van der Waals surface area (Å²) in [7, 11) is 0. The molecule has 1 atom stereocenters. The molecule has 2 aliphatic heterocycles. The summed E-state index contributed by atoms with van der Waals surface area (Å²) in [5.41, 5.74) is 17.4. The molecular formula is C34H43N9O4. The molecule has 1 spiro atoms. The quantitative estimate of drug-likeness (QED) is 0.102. The average molecular weight is 642 g/mol. The zero-order valence-corrected chi connectivity index (χ0v) is 26.4. The van der Waals surface area contributed by atoms with Gasteiger partial charge in [-0.3, -0.25) is 29.1 Å². The second-order valence-corrected chi connectivity index (χ2v) is 12.1. The number of rotatable bonds is 13. The monoisotopic (exact) mass is 641 g/mol. The molecule has 4 amide bonds. The van der Waals surface area contributed by atoms with E-state index in [2.05, 4.69) is 61.8 Å². The predicted octanol–water partition coefficient (Wildman–Crippen LogP) is 0.621. The lowest BCUT2D eigenvalue weighted by Gasteiger charge is -2.43. The Kier molecular flexibility index (Phi) is 10.6. The van der Waals surface area contributed by atoms with Crippen LogP contribution in [0.3, 0.4) is 0 Å². The minimum Gasteiger partial charge on any atom is -0.370 e. The number of hydrogen-bond donors (Lipinski definition) is 5. The van der Waals surface area contributed by atoms with E-state index >= 15 is 0 Å². The highest BCUT2D eigenvalue weighted by Gasteiger charge is 2.54. The number of anilines is 1. The number of carbonyl (C=O) groups is 4. The predicted molar refractivity (Wildman–Crippen MR) is 181 cm³/mol. The van der Waals surface area contributed by atoms with Gasteiger partial charge >= 0.3 is 0 Å². The summed E-state index contributed by atoms with van der Waals surface area (Å²) in [6, 6.07) is 23.6. The average Bonchev–Trinajstić information content (AvgIpc) is 3.32. The Morgan fingerprint density at radius 1 is 0.894 bits per heavy atom. The van der Waals surface area contributed by atoms with Crippen LogP contribution in [0.2, 0.25) is 0 Å². The van der Waals surface area contributed by atoms with Crippen molar-refractivity contribution < 1.29 is 19.2 Å². The van der Waals surface area contributed by atoms with Crippen LogP contribution in [-0.4, -0.2) is 90.4 Å². The number of aliphatic imine (C=N–C) groups is 1. The maximum atomic E-state index is 14.1. The van der Waals surface area contributed by atoms with Gasteiger partial charge in [0.1, 0.15) is 18.1 Å². The Morgan fingerprint density at radius 2 is 1.60 bits per heavy atom. The third-order valence-electron chi connectivity index (χ3n) is 8.94. The largest absolute Gasteiger partial charge is 0.370 e. The van der Waals surface area contributed by atoms with Gasteiger partial charge in [0.2, 0.25) is 23.6 Å². The van der Waals surface area contributed by atoms with Crippen LogP contribution in [-0.2, 0) is 25.7 Å². The highest BCUT2D eigenvalue weighted by molar-refractivity contribution is 5.97. The van der Waals surface area contributed by atoms with Crippen LogP contribution in [0.25, 0.3) is 10.8 Å². The lowest BCUT2D eigenvalue weighted by molar-refractivity contribution is -0.137. The topological polar surface area (TPSA) is 192 Å². The second-order valence-electron chi connectivity index (χ2n) is 12.1. The molecule has 2 saturated heterocycles. The van der Waals surface area contributed by atoms with Gasteiger partial charge in [0.15, 0.2) is 5.96 Å². The fourth-order valence-electron chi connectivity index (χ4n) is 6.52. The van der Waals surface area contributed by atoms with Crippen molar-refractivity contribution in [2.45, 2.75) is 43.8 Å². The zero-order chi connectivity index (χ0) is 33.4. The zero-order valence-electron chi connectivity index (χ0n) is 26.4. The molecular weight excluding hydrogens is 598 g/mol. The van der Waals surface area contributed by atoms with Crippen LogP contribution in [0.4, 0.5) is 5.69 Å². The number of primary amides is 1. The second kappa shape index (κ2) is 14.9. The number of para-hydroxylation sites is 1. The molecule has 5 rings (SSSR count). The van der Waals surface area contributed by atoms with Gasteiger partial charge in [0.25, 0.3) is 0 Å². The van der Waals surface area contributed by atoms with Crippen LogP contribution in [0.1, 0.15) is 31.2 Å². The number of nitrogens with two attached hydrogens (primary N) is 3. The molecule has 1 unspecified atom stereocenters. The molecule has 0 saturated carbocycles. The van der Waals surface area contributed by atoms with E-state index < -0.39 is 29.3 Å². The van der Waals surface area contributed by atoms with Gasteiger partial charge in [-0.25, -0.2) is 0 Å². The number of nitrogens with one attached hydrogen (secondary N) is 2. The fraction of sp³-hybridized carbons (Fsp3) is 0.382. The number of hydrogen-bond acceptors (Lipinski definition) is 7. The maximum absolute atomic E-state index is 14.1. The normalized spacial score (nSPS) is 16.6. The van der Waals surface area contributed by atoms with E-state index in [0.717, 1.165) is 25.3 Å². The number of likely N-dealkylation sites (tertiary alicyclic amines) is 1. The minimum absolute atomic E-state index is 0.0657. The van der Waals surface area contributed by atoms with Gasteiger partial charge < -0.3 is 37.6 Å². The summed E-state index contributed by atoms with van der Waals surface area (Å²) < 4.78 is 0. The Labute approximate surface area is 274 Å². The van der Waals surface area contributed by atoms with Crippen LogP contribution in [0.15, 0.2) is 77.8 Å². The van der Waals surface area contributed by atoms with Gasteiger partial charge in [0.05, 0.1) is 13.2 Å². The SMILES string of the molecule is NC(=O)C(CCCN=C(N)N)NC(=O)CNC(=O)CN1CN(c2ccccc2)C2(CCN(Cc3cccc4ccccc34)CC2)C1=O. The van der Waals surface area contributed by atoms with E-state index in [-0.39, 0.29) is 44.6 Å². The van der Waals surface area contributed by atoms with Gasteiger partial charge in [-0.05, 0) is 54.2 Å². The third-order valence-corrected chi connectivity index (χ3v) is 8.94. The molecule has 2 fully saturated rings. The van der Waals surface area contributed by atoms with E-state index in [1.54, 1.807) is 4.90 Å². The van der Waals surface area contributed by atoms with Crippen molar-refractivity contribution in [2.24, 2.45) is 22.2 Å². The lowest BCUT2D eigenvalue weighted by Crippen LogP contribution is -2.56. The molecule has 248 valence electrons. The van der Waals surface area contributed by atoms with Crippen molar-refractivity contribution in [3.05, 3.63) is 78.4 Å². The van der Waals surface area contributed by atoms with Crippen molar-refractivity contribution in [3.8, 4) is 0 Å². The van der Waals surface area contributed by atoms with Crippen LogP contribution in [0.5, 0.6) is 0 Å². The Bertz CT molecular complexity index is 1610. The summed E-state index contributed by atoms with van der Waals surface area (Å²) in [5, 5.41) is 7.55. The summed E-state index contributed by atoms with van der Waals surface area (Å²) >= 11 is 0. The summed E-state index contributed by atoms with van der Waals surface area (Å²) in [6.45, 7) is 2.22. The lowest BCUT2D eigenvalue weighted by atomic mass is 9.85. The van der Waals surface area contributed by atoms with Gasteiger partial charge in [0, 0.05) is 31.9 Å². The van der Waals surface area contributed by atoms with Gasteiger partial charge in [-0.2, -0.15) is 0 Å². The fourth-order valence-corrected chi connectivity index (χ4v) is 6.52. The minimum atomic E-state index is -0.931. The van der Waals surface area contributed by atoms with Crippen LogP contribution in [0, 0.1) is 0 Å². The van der Waals surface area contributed by atoms with E-state index in [4.69, 9.17) is 17.2 Å². The maximum Gasteiger partial charge on any atom is 0.250 e. The Hall–Kier alpha value is -5.17. The van der Waals surface area contributed by atoms with Crippen molar-refractivity contribution in [1.29, 1.82) is 0 Å². The van der Waals surface area contributed by atoms with Crippen LogP contribution < -0.4 is 32.7 Å². The first-order valence-electron chi connectivity index (χ1n) is 15.9. The van der Waals surface area contributed by atoms with E-state index in [1.807, 2.05) is 36.4 Å². The Balaban J connectivity index is 1.19. The van der Waals surface area contributed by atoms with Gasteiger partial charge in [-0.1, -0.05) is 60.7 Å². The van der Waals surface area contributed by atoms with Gasteiger partial charge in [-0.15, -0.1) is 0 Å². The molecule has 3 aromatic carbocycles. The molecule has 0 aliphatic carbocycles. The molecule has 0 aromatic heterocycles. The van der Waals surface area contributed by atoms with E-state index in [1.165, 1.54) is 16.3 Å². The third kappa shape index (κ3) is 7.98. The molecule has 2 heterocycles. The number of carbonyl (C=O) groups excluding carboxylic acids is 4.